The number of carbonyl (C=O) groups is 2. The molecule has 1 atom stereocenters. The third-order valence-electron chi connectivity index (χ3n) is 3.39. The van der Waals surface area contributed by atoms with Gasteiger partial charge in [0, 0.05) is 0 Å². The predicted octanol–water partition coefficient (Wildman–Crippen LogP) is 2.75. The summed E-state index contributed by atoms with van der Waals surface area (Å²) in [7, 11) is 0. The molecule has 2 rings (SSSR count). The van der Waals surface area contributed by atoms with Gasteiger partial charge in [0.1, 0.15) is 6.04 Å². The summed E-state index contributed by atoms with van der Waals surface area (Å²) in [4.78, 5) is 23.0. The molecular weight excluding hydrogens is 266 g/mol. The molecule has 4 nitrogen and oxygen atoms in total. The second-order valence-electron chi connectivity index (χ2n) is 5.11. The van der Waals surface area contributed by atoms with Gasteiger partial charge in [-0.05, 0) is 22.8 Å². The zero-order valence-electron chi connectivity index (χ0n) is 12.0. The van der Waals surface area contributed by atoms with Crippen molar-refractivity contribution in [3.05, 3.63) is 48.0 Å². The van der Waals surface area contributed by atoms with Crippen molar-refractivity contribution in [2.45, 2.75) is 32.2 Å². The topological polar surface area (TPSA) is 66.4 Å². The summed E-state index contributed by atoms with van der Waals surface area (Å²) in [6.07, 6.45) is 1.35. The molecule has 4 heteroatoms. The van der Waals surface area contributed by atoms with E-state index in [1.54, 1.807) is 0 Å². The highest BCUT2D eigenvalue weighted by atomic mass is 16.4. The van der Waals surface area contributed by atoms with Crippen molar-refractivity contribution in [2.24, 2.45) is 0 Å². The van der Waals surface area contributed by atoms with Gasteiger partial charge >= 0.3 is 5.97 Å². The monoisotopic (exact) mass is 285 g/mol. The first-order valence-electron chi connectivity index (χ1n) is 7.10. The molecule has 2 N–H and O–H groups in total. The van der Waals surface area contributed by atoms with Crippen molar-refractivity contribution in [1.82, 2.24) is 5.32 Å². The van der Waals surface area contributed by atoms with E-state index >= 15 is 0 Å². The summed E-state index contributed by atoms with van der Waals surface area (Å²) in [5, 5.41) is 13.8. The van der Waals surface area contributed by atoms with Crippen LogP contribution in [0, 0.1) is 0 Å². The number of carbonyl (C=O) groups excluding carboxylic acids is 1. The molecule has 0 aromatic heterocycles. The van der Waals surface area contributed by atoms with Crippen LogP contribution in [0.25, 0.3) is 10.8 Å². The summed E-state index contributed by atoms with van der Waals surface area (Å²) >= 11 is 0. The van der Waals surface area contributed by atoms with Crippen molar-refractivity contribution < 1.29 is 14.7 Å². The highest BCUT2D eigenvalue weighted by Gasteiger charge is 2.18. The Morgan fingerprint density at radius 1 is 1.14 bits per heavy atom. The first kappa shape index (κ1) is 15.0. The van der Waals surface area contributed by atoms with Gasteiger partial charge in [0.05, 0.1) is 6.42 Å². The highest BCUT2D eigenvalue weighted by molar-refractivity contribution is 5.87. The number of nitrogens with one attached hydrogen (secondary N) is 1. The zero-order chi connectivity index (χ0) is 15.2. The third-order valence-corrected chi connectivity index (χ3v) is 3.39. The van der Waals surface area contributed by atoms with Crippen LogP contribution in [0.3, 0.4) is 0 Å². The van der Waals surface area contributed by atoms with Crippen molar-refractivity contribution in [3.8, 4) is 0 Å². The summed E-state index contributed by atoms with van der Waals surface area (Å²) in [5.41, 5.74) is 0.881. The number of hydrogen-bond donors (Lipinski definition) is 2. The largest absolute Gasteiger partial charge is 0.480 e. The van der Waals surface area contributed by atoms with E-state index in [-0.39, 0.29) is 12.3 Å². The van der Waals surface area contributed by atoms with Crippen LogP contribution < -0.4 is 5.32 Å². The lowest BCUT2D eigenvalue weighted by Crippen LogP contribution is -2.41. The Morgan fingerprint density at radius 3 is 2.52 bits per heavy atom. The van der Waals surface area contributed by atoms with Crippen LogP contribution >= 0.6 is 0 Å². The predicted molar refractivity (Wildman–Crippen MR) is 82.1 cm³/mol. The molecule has 0 saturated carbocycles. The second kappa shape index (κ2) is 6.88. The van der Waals surface area contributed by atoms with E-state index in [1.165, 1.54) is 0 Å². The molecule has 0 bridgehead atoms. The number of benzene rings is 2. The van der Waals surface area contributed by atoms with Gasteiger partial charge in [0.25, 0.3) is 0 Å². The van der Waals surface area contributed by atoms with Gasteiger partial charge in [0.15, 0.2) is 0 Å². The van der Waals surface area contributed by atoms with E-state index in [2.05, 4.69) is 5.32 Å². The van der Waals surface area contributed by atoms with Gasteiger partial charge in [-0.3, -0.25) is 4.79 Å². The Balaban J connectivity index is 2.05. The van der Waals surface area contributed by atoms with Gasteiger partial charge in [0.2, 0.25) is 5.91 Å². The average molecular weight is 285 g/mol. The Labute approximate surface area is 123 Å². The van der Waals surface area contributed by atoms with Crippen LogP contribution in [-0.4, -0.2) is 23.0 Å². The highest BCUT2D eigenvalue weighted by Crippen LogP contribution is 2.16. The maximum atomic E-state index is 12.0. The SMILES string of the molecule is CCC[C@H](NC(=O)Cc1ccc2ccccc2c1)C(=O)O. The fourth-order valence-corrected chi connectivity index (χ4v) is 2.33. The van der Waals surface area contributed by atoms with Crippen molar-refractivity contribution in [1.29, 1.82) is 0 Å². The van der Waals surface area contributed by atoms with Gasteiger partial charge in [-0.15, -0.1) is 0 Å². The molecule has 2 aromatic carbocycles. The normalized spacial score (nSPS) is 12.0. The maximum absolute atomic E-state index is 12.0. The van der Waals surface area contributed by atoms with Crippen molar-refractivity contribution in [3.63, 3.8) is 0 Å². The third kappa shape index (κ3) is 4.05. The molecule has 0 aliphatic carbocycles. The molecule has 0 spiro atoms. The number of fused-ring (bicyclic) bond motifs is 1. The second-order valence-corrected chi connectivity index (χ2v) is 5.11. The fraction of sp³-hybridized carbons (Fsp3) is 0.294. The molecule has 0 heterocycles. The van der Waals surface area contributed by atoms with Crippen molar-refractivity contribution >= 4 is 22.6 Å². The Hall–Kier alpha value is -2.36. The first-order chi connectivity index (χ1) is 10.1. The number of carboxylic acids is 1. The van der Waals surface area contributed by atoms with Gasteiger partial charge < -0.3 is 10.4 Å². The van der Waals surface area contributed by atoms with E-state index < -0.39 is 12.0 Å². The molecule has 0 fully saturated rings. The Bertz CT molecular complexity index is 651. The standard InChI is InChI=1S/C17H19NO3/c1-2-5-15(17(20)21)18-16(19)11-12-8-9-13-6-3-4-7-14(13)10-12/h3-4,6-10,15H,2,5,11H2,1H3,(H,18,19)(H,20,21)/t15-/m0/s1. The smallest absolute Gasteiger partial charge is 0.326 e. The van der Waals surface area contributed by atoms with Gasteiger partial charge in [-0.1, -0.05) is 55.8 Å². The van der Waals surface area contributed by atoms with Crippen LogP contribution in [0.15, 0.2) is 42.5 Å². The van der Waals surface area contributed by atoms with E-state index in [0.29, 0.717) is 12.8 Å². The number of aliphatic carboxylic acids is 1. The minimum atomic E-state index is -0.983. The average Bonchev–Trinajstić information content (AvgIpc) is 2.46. The molecule has 110 valence electrons. The lowest BCUT2D eigenvalue weighted by atomic mass is 10.0. The first-order valence-corrected chi connectivity index (χ1v) is 7.10. The van der Waals surface area contributed by atoms with E-state index in [9.17, 15) is 9.59 Å². The molecule has 2 aromatic rings. The van der Waals surface area contributed by atoms with Crippen LogP contribution in [-0.2, 0) is 16.0 Å². The zero-order valence-corrected chi connectivity index (χ0v) is 12.0. The van der Waals surface area contributed by atoms with Gasteiger partial charge in [-0.25, -0.2) is 4.79 Å². The molecule has 0 unspecified atom stereocenters. The minimum Gasteiger partial charge on any atom is -0.480 e. The van der Waals surface area contributed by atoms with Crippen LogP contribution in [0.2, 0.25) is 0 Å². The number of carboxylic acid groups (broad SMARTS) is 1. The van der Waals surface area contributed by atoms with E-state index in [1.807, 2.05) is 49.4 Å². The molecule has 0 saturated heterocycles. The lowest BCUT2D eigenvalue weighted by molar-refractivity contribution is -0.141. The molecule has 21 heavy (non-hydrogen) atoms. The van der Waals surface area contributed by atoms with E-state index in [0.717, 1.165) is 16.3 Å². The van der Waals surface area contributed by atoms with Crippen LogP contribution in [0.5, 0.6) is 0 Å². The minimum absolute atomic E-state index is 0.193. The molecule has 1 amide bonds. The Kier molecular flexibility index (Phi) is 4.93. The number of rotatable bonds is 6. The number of hydrogen-bond acceptors (Lipinski definition) is 2. The van der Waals surface area contributed by atoms with Crippen molar-refractivity contribution in [2.75, 3.05) is 0 Å². The summed E-state index contributed by atoms with van der Waals surface area (Å²) in [6, 6.07) is 13.0. The van der Waals surface area contributed by atoms with E-state index in [4.69, 9.17) is 5.11 Å². The maximum Gasteiger partial charge on any atom is 0.326 e. The molecule has 0 aliphatic heterocycles. The van der Waals surface area contributed by atoms with Crippen LogP contribution in [0.1, 0.15) is 25.3 Å². The molecule has 0 aliphatic rings. The lowest BCUT2D eigenvalue weighted by Gasteiger charge is -2.13. The fourth-order valence-electron chi connectivity index (χ4n) is 2.33. The summed E-state index contributed by atoms with van der Waals surface area (Å²) < 4.78 is 0. The number of amides is 1. The van der Waals surface area contributed by atoms with Gasteiger partial charge in [-0.2, -0.15) is 0 Å². The molecule has 0 radical (unpaired) electrons. The molecular formula is C17H19NO3. The summed E-state index contributed by atoms with van der Waals surface area (Å²) in [5.74, 6) is -1.24. The Morgan fingerprint density at radius 2 is 1.86 bits per heavy atom. The summed E-state index contributed by atoms with van der Waals surface area (Å²) in [6.45, 7) is 1.89. The quantitative estimate of drug-likeness (QED) is 0.857. The van der Waals surface area contributed by atoms with Crippen LogP contribution in [0.4, 0.5) is 0 Å².